The van der Waals surface area contributed by atoms with E-state index in [1.165, 1.54) is 11.3 Å². The van der Waals surface area contributed by atoms with Crippen LogP contribution in [0.2, 0.25) is 0 Å². The van der Waals surface area contributed by atoms with Crippen LogP contribution in [0.1, 0.15) is 22.9 Å². The molecule has 0 unspecified atom stereocenters. The highest BCUT2D eigenvalue weighted by Gasteiger charge is 2.54. The third-order valence-corrected chi connectivity index (χ3v) is 7.26. The molecule has 8 heteroatoms. The van der Waals surface area contributed by atoms with Crippen molar-refractivity contribution < 1.29 is 9.90 Å². The lowest BCUT2D eigenvalue weighted by molar-refractivity contribution is -0.122. The zero-order valence-electron chi connectivity index (χ0n) is 17.6. The van der Waals surface area contributed by atoms with E-state index < -0.39 is 6.04 Å². The molecule has 1 fully saturated rings. The molecule has 2 aromatic heterocycles. The number of pyridine rings is 1. The number of hydrogen-bond donors (Lipinski definition) is 2. The predicted octanol–water partition coefficient (Wildman–Crippen LogP) is 2.71. The molecule has 1 amide bonds. The van der Waals surface area contributed by atoms with E-state index in [2.05, 4.69) is 10.3 Å². The Morgan fingerprint density at radius 1 is 1.25 bits per heavy atom. The number of fused-ring (bicyclic) bond motifs is 3. The molecule has 32 heavy (non-hydrogen) atoms. The van der Waals surface area contributed by atoms with Crippen molar-refractivity contribution in [1.82, 2.24) is 14.5 Å². The topological polar surface area (TPSA) is 87.5 Å². The van der Waals surface area contributed by atoms with Crippen LogP contribution in [0.5, 0.6) is 0 Å². The number of aliphatic hydroxyl groups excluding tert-OH is 1. The van der Waals surface area contributed by atoms with Gasteiger partial charge in [-0.1, -0.05) is 36.4 Å². The lowest BCUT2D eigenvalue weighted by atomic mass is 9.88. The molecule has 2 aliphatic rings. The second-order valence-corrected chi connectivity index (χ2v) is 9.16. The minimum Gasteiger partial charge on any atom is -0.396 e. The maximum atomic E-state index is 13.2. The Balaban J connectivity index is 1.43. The van der Waals surface area contributed by atoms with Gasteiger partial charge in [0, 0.05) is 47.8 Å². The second kappa shape index (κ2) is 8.46. The van der Waals surface area contributed by atoms with Gasteiger partial charge in [-0.3, -0.25) is 14.5 Å². The summed E-state index contributed by atoms with van der Waals surface area (Å²) in [5, 5.41) is 15.4. The average Bonchev–Trinajstić information content (AvgIpc) is 3.50. The number of amides is 1. The number of aliphatic hydroxyl groups is 1. The SMILES string of the molecule is CN1[C@H](C(=O)Nc2nccs2)[C@@H](CO)[C@@H]2Cn3c(ccc(/C=C/c4ccccc4)c3=O)[C@@H]21. The Bertz CT molecular complexity index is 1210. The molecule has 1 aromatic carbocycles. The first-order valence-electron chi connectivity index (χ1n) is 10.6. The molecule has 0 bridgehead atoms. The van der Waals surface area contributed by atoms with E-state index in [4.69, 9.17) is 0 Å². The number of rotatable bonds is 5. The van der Waals surface area contributed by atoms with Crippen molar-refractivity contribution in [2.75, 3.05) is 19.0 Å². The Labute approximate surface area is 189 Å². The summed E-state index contributed by atoms with van der Waals surface area (Å²) in [7, 11) is 1.89. The van der Waals surface area contributed by atoms with Crippen molar-refractivity contribution >= 4 is 34.5 Å². The van der Waals surface area contributed by atoms with Gasteiger partial charge >= 0.3 is 0 Å². The number of anilines is 1. The molecular weight excluding hydrogens is 424 g/mol. The molecule has 2 N–H and O–H groups in total. The van der Waals surface area contributed by atoms with Crippen LogP contribution in [-0.4, -0.2) is 45.2 Å². The highest BCUT2D eigenvalue weighted by Crippen LogP contribution is 2.48. The highest BCUT2D eigenvalue weighted by molar-refractivity contribution is 7.13. The lowest BCUT2D eigenvalue weighted by Gasteiger charge is -2.26. The number of likely N-dealkylation sites (N-methyl/N-ethyl adjacent to an activating group) is 1. The van der Waals surface area contributed by atoms with Gasteiger partial charge in [-0.2, -0.15) is 0 Å². The summed E-state index contributed by atoms with van der Waals surface area (Å²) in [6.45, 7) is 0.368. The van der Waals surface area contributed by atoms with Crippen LogP contribution in [-0.2, 0) is 11.3 Å². The molecule has 3 aromatic rings. The molecule has 164 valence electrons. The number of carbonyl (C=O) groups is 1. The number of thiazole rings is 1. The standard InChI is InChI=1S/C24H24N4O3S/c1-27-20-17(18(14-29)21(27)22(30)26-24-25-11-12-32-24)13-28-19(20)10-9-16(23(28)31)8-7-15-5-3-2-4-6-15/h2-12,17-18,20-21,29H,13-14H2,1H3,(H,25,26,30)/b8-7+/t17-,18-,20+,21-/m0/s1. The van der Waals surface area contributed by atoms with E-state index in [0.29, 0.717) is 17.2 Å². The summed E-state index contributed by atoms with van der Waals surface area (Å²) < 4.78 is 1.80. The summed E-state index contributed by atoms with van der Waals surface area (Å²) in [5.74, 6) is -0.460. The summed E-state index contributed by atoms with van der Waals surface area (Å²) in [4.78, 5) is 32.3. The van der Waals surface area contributed by atoms with Crippen molar-refractivity contribution in [1.29, 1.82) is 0 Å². The van der Waals surface area contributed by atoms with Crippen LogP contribution < -0.4 is 10.9 Å². The highest BCUT2D eigenvalue weighted by atomic mass is 32.1. The van der Waals surface area contributed by atoms with Crippen molar-refractivity contribution in [3.63, 3.8) is 0 Å². The fraction of sp³-hybridized carbons (Fsp3) is 0.292. The molecule has 0 aliphatic carbocycles. The Morgan fingerprint density at radius 2 is 2.06 bits per heavy atom. The van der Waals surface area contributed by atoms with Gasteiger partial charge < -0.3 is 15.0 Å². The third-order valence-electron chi connectivity index (χ3n) is 6.57. The van der Waals surface area contributed by atoms with Crippen molar-refractivity contribution in [3.8, 4) is 0 Å². The van der Waals surface area contributed by atoms with E-state index in [1.807, 2.05) is 66.6 Å². The molecule has 5 rings (SSSR count). The van der Waals surface area contributed by atoms with Gasteiger partial charge in [0.15, 0.2) is 5.13 Å². The van der Waals surface area contributed by atoms with E-state index >= 15 is 0 Å². The fourth-order valence-corrected chi connectivity index (χ4v) is 5.66. The molecule has 7 nitrogen and oxygen atoms in total. The van der Waals surface area contributed by atoms with E-state index in [1.54, 1.807) is 16.1 Å². The predicted molar refractivity (Wildman–Crippen MR) is 125 cm³/mol. The average molecular weight is 449 g/mol. The summed E-state index contributed by atoms with van der Waals surface area (Å²) >= 11 is 1.36. The van der Waals surface area contributed by atoms with Crippen molar-refractivity contribution in [2.45, 2.75) is 18.6 Å². The normalized spacial score (nSPS) is 24.6. The first kappa shape index (κ1) is 20.8. The maximum Gasteiger partial charge on any atom is 0.258 e. The molecule has 0 radical (unpaired) electrons. The lowest BCUT2D eigenvalue weighted by Crippen LogP contribution is -2.44. The van der Waals surface area contributed by atoms with Crippen LogP contribution in [0.25, 0.3) is 12.2 Å². The summed E-state index contributed by atoms with van der Waals surface area (Å²) in [6, 6.07) is 13.1. The smallest absolute Gasteiger partial charge is 0.258 e. The van der Waals surface area contributed by atoms with Gasteiger partial charge in [0.1, 0.15) is 0 Å². The molecular formula is C24H24N4O3S. The number of aromatic nitrogens is 2. The van der Waals surface area contributed by atoms with E-state index in [0.717, 1.165) is 11.3 Å². The minimum atomic E-state index is -0.486. The largest absolute Gasteiger partial charge is 0.396 e. The minimum absolute atomic E-state index is 0.0157. The quantitative estimate of drug-likeness (QED) is 0.627. The second-order valence-electron chi connectivity index (χ2n) is 8.27. The molecule has 0 spiro atoms. The molecule has 0 saturated carbocycles. The molecule has 4 atom stereocenters. The van der Waals surface area contributed by atoms with Gasteiger partial charge in [-0.25, -0.2) is 4.98 Å². The Hall–Kier alpha value is -3.07. The van der Waals surface area contributed by atoms with E-state index in [-0.39, 0.29) is 36.0 Å². The van der Waals surface area contributed by atoms with Crippen LogP contribution in [0, 0.1) is 11.8 Å². The monoisotopic (exact) mass is 448 g/mol. The third kappa shape index (κ3) is 3.50. The van der Waals surface area contributed by atoms with Gasteiger partial charge in [-0.15, -0.1) is 11.3 Å². The summed E-state index contributed by atoms with van der Waals surface area (Å²) in [6.07, 6.45) is 5.42. The first-order valence-corrected chi connectivity index (χ1v) is 11.5. The molecule has 1 saturated heterocycles. The van der Waals surface area contributed by atoms with E-state index in [9.17, 15) is 14.7 Å². The maximum absolute atomic E-state index is 13.2. The van der Waals surface area contributed by atoms with Gasteiger partial charge in [0.05, 0.1) is 12.1 Å². The number of nitrogens with zero attached hydrogens (tertiary/aromatic N) is 3. The van der Waals surface area contributed by atoms with Crippen LogP contribution in [0.15, 0.2) is 58.8 Å². The van der Waals surface area contributed by atoms with Gasteiger partial charge in [-0.05, 0) is 30.8 Å². The number of benzene rings is 1. The van der Waals surface area contributed by atoms with Crippen molar-refractivity contribution in [2.24, 2.45) is 11.8 Å². The number of hydrogen-bond acceptors (Lipinski definition) is 6. The van der Waals surface area contributed by atoms with Crippen LogP contribution >= 0.6 is 11.3 Å². The van der Waals surface area contributed by atoms with Crippen LogP contribution in [0.4, 0.5) is 5.13 Å². The van der Waals surface area contributed by atoms with Crippen LogP contribution in [0.3, 0.4) is 0 Å². The fourth-order valence-electron chi connectivity index (χ4n) is 5.13. The zero-order valence-corrected chi connectivity index (χ0v) is 18.4. The first-order chi connectivity index (χ1) is 15.6. The summed E-state index contributed by atoms with van der Waals surface area (Å²) in [5.41, 5.74) is 2.50. The Morgan fingerprint density at radius 3 is 2.78 bits per heavy atom. The Kier molecular flexibility index (Phi) is 5.50. The number of nitrogens with one attached hydrogen (secondary N) is 1. The van der Waals surface area contributed by atoms with Gasteiger partial charge in [0.2, 0.25) is 5.91 Å². The van der Waals surface area contributed by atoms with Crippen molar-refractivity contribution in [3.05, 3.63) is 81.2 Å². The molecule has 2 aliphatic heterocycles. The number of carbonyl (C=O) groups excluding carboxylic acids is 1. The molecule has 4 heterocycles. The van der Waals surface area contributed by atoms with Gasteiger partial charge in [0.25, 0.3) is 5.56 Å². The number of likely N-dealkylation sites (tertiary alicyclic amines) is 1. The zero-order chi connectivity index (χ0) is 22.2.